The van der Waals surface area contributed by atoms with Crippen molar-refractivity contribution >= 4 is 15.9 Å². The Balaban J connectivity index is 2.79. The Morgan fingerprint density at radius 1 is 1.43 bits per heavy atom. The Bertz CT molecular complexity index is 292. The van der Waals surface area contributed by atoms with Gasteiger partial charge in [-0.05, 0) is 42.5 Å². The highest BCUT2D eigenvalue weighted by Gasteiger charge is 2.08. The van der Waals surface area contributed by atoms with Crippen LogP contribution in [-0.4, -0.2) is 5.33 Å². The molecule has 0 fully saturated rings. The summed E-state index contributed by atoms with van der Waals surface area (Å²) in [6, 6.07) is 5.03. The minimum Gasteiger partial charge on any atom is -0.207 e. The maximum Gasteiger partial charge on any atom is 0.123 e. The van der Waals surface area contributed by atoms with E-state index in [0.717, 1.165) is 23.7 Å². The van der Waals surface area contributed by atoms with Gasteiger partial charge in [-0.1, -0.05) is 35.3 Å². The molecule has 78 valence electrons. The lowest BCUT2D eigenvalue weighted by Crippen LogP contribution is -2.06. The van der Waals surface area contributed by atoms with Gasteiger partial charge in [-0.15, -0.1) is 0 Å². The average molecular weight is 259 g/mol. The van der Waals surface area contributed by atoms with E-state index >= 15 is 0 Å². The molecule has 0 nitrogen and oxygen atoms in total. The first-order chi connectivity index (χ1) is 6.67. The molecule has 0 aliphatic heterocycles. The lowest BCUT2D eigenvalue weighted by molar-refractivity contribution is 0.566. The third-order valence-corrected chi connectivity index (χ3v) is 3.53. The van der Waals surface area contributed by atoms with Crippen molar-refractivity contribution in [1.82, 2.24) is 0 Å². The first-order valence-corrected chi connectivity index (χ1v) is 6.10. The SMILES string of the molecule is CCC(CBr)Cc1cc(F)ccc1C. The van der Waals surface area contributed by atoms with Gasteiger partial charge in [-0.2, -0.15) is 0 Å². The van der Waals surface area contributed by atoms with Crippen LogP contribution in [0.5, 0.6) is 0 Å². The molecule has 0 bridgehead atoms. The zero-order valence-electron chi connectivity index (χ0n) is 8.69. The van der Waals surface area contributed by atoms with E-state index in [1.54, 1.807) is 6.07 Å². The standard InChI is InChI=1S/C12H16BrF/c1-3-10(8-13)6-11-7-12(14)5-4-9(11)2/h4-5,7,10H,3,6,8H2,1-2H3. The number of rotatable bonds is 4. The summed E-state index contributed by atoms with van der Waals surface area (Å²) in [5.74, 6) is 0.477. The van der Waals surface area contributed by atoms with Crippen molar-refractivity contribution in [2.24, 2.45) is 5.92 Å². The highest BCUT2D eigenvalue weighted by Crippen LogP contribution is 2.18. The number of alkyl halides is 1. The summed E-state index contributed by atoms with van der Waals surface area (Å²) in [6.07, 6.45) is 2.09. The Morgan fingerprint density at radius 2 is 2.14 bits per heavy atom. The Labute approximate surface area is 93.7 Å². The van der Waals surface area contributed by atoms with Crippen LogP contribution < -0.4 is 0 Å². The van der Waals surface area contributed by atoms with Crippen molar-refractivity contribution in [3.63, 3.8) is 0 Å². The Kier molecular flexibility index (Phi) is 4.59. The van der Waals surface area contributed by atoms with E-state index in [4.69, 9.17) is 0 Å². The van der Waals surface area contributed by atoms with E-state index in [1.807, 2.05) is 13.0 Å². The lowest BCUT2D eigenvalue weighted by atomic mass is 9.96. The first kappa shape index (κ1) is 11.7. The maximum atomic E-state index is 13.0. The molecule has 1 atom stereocenters. The molecule has 0 saturated carbocycles. The van der Waals surface area contributed by atoms with E-state index in [9.17, 15) is 4.39 Å². The summed E-state index contributed by atoms with van der Waals surface area (Å²) < 4.78 is 13.0. The predicted molar refractivity (Wildman–Crippen MR) is 62.4 cm³/mol. The highest BCUT2D eigenvalue weighted by atomic mass is 79.9. The van der Waals surface area contributed by atoms with Crippen LogP contribution in [0.4, 0.5) is 4.39 Å². The van der Waals surface area contributed by atoms with Crippen LogP contribution in [-0.2, 0) is 6.42 Å². The molecule has 0 aliphatic rings. The molecule has 1 rings (SSSR count). The summed E-state index contributed by atoms with van der Waals surface area (Å²) >= 11 is 3.48. The third kappa shape index (κ3) is 3.09. The van der Waals surface area contributed by atoms with Gasteiger partial charge in [0.25, 0.3) is 0 Å². The number of hydrogen-bond acceptors (Lipinski definition) is 0. The Hall–Kier alpha value is -0.370. The minimum absolute atomic E-state index is 0.130. The van der Waals surface area contributed by atoms with Gasteiger partial charge >= 0.3 is 0 Å². The average Bonchev–Trinajstić information content (AvgIpc) is 2.19. The molecule has 0 heterocycles. The van der Waals surface area contributed by atoms with Gasteiger partial charge in [-0.25, -0.2) is 4.39 Å². The number of aryl methyl sites for hydroxylation is 1. The summed E-state index contributed by atoms with van der Waals surface area (Å²) in [6.45, 7) is 4.20. The van der Waals surface area contributed by atoms with Crippen LogP contribution in [0.15, 0.2) is 18.2 Å². The van der Waals surface area contributed by atoms with Gasteiger partial charge in [0.1, 0.15) is 5.82 Å². The van der Waals surface area contributed by atoms with Crippen LogP contribution in [0.2, 0.25) is 0 Å². The van der Waals surface area contributed by atoms with Crippen molar-refractivity contribution in [1.29, 1.82) is 0 Å². The van der Waals surface area contributed by atoms with Gasteiger partial charge < -0.3 is 0 Å². The van der Waals surface area contributed by atoms with E-state index in [0.29, 0.717) is 5.92 Å². The third-order valence-electron chi connectivity index (χ3n) is 2.62. The topological polar surface area (TPSA) is 0 Å². The van der Waals surface area contributed by atoms with Crippen molar-refractivity contribution in [3.8, 4) is 0 Å². The summed E-state index contributed by atoms with van der Waals surface area (Å²) in [5.41, 5.74) is 2.32. The molecule has 0 radical (unpaired) electrons. The summed E-state index contributed by atoms with van der Waals surface area (Å²) in [5, 5.41) is 0.986. The molecular formula is C12H16BrF. The van der Waals surface area contributed by atoms with E-state index in [-0.39, 0.29) is 5.82 Å². The van der Waals surface area contributed by atoms with E-state index < -0.39 is 0 Å². The van der Waals surface area contributed by atoms with Gasteiger partial charge in [0, 0.05) is 5.33 Å². The maximum absolute atomic E-state index is 13.0. The van der Waals surface area contributed by atoms with Crippen LogP contribution in [0, 0.1) is 18.7 Å². The fourth-order valence-corrected chi connectivity index (χ4v) is 2.17. The van der Waals surface area contributed by atoms with Crippen molar-refractivity contribution in [2.75, 3.05) is 5.33 Å². The number of hydrogen-bond donors (Lipinski definition) is 0. The van der Waals surface area contributed by atoms with Crippen molar-refractivity contribution < 1.29 is 4.39 Å². The summed E-state index contributed by atoms with van der Waals surface area (Å²) in [4.78, 5) is 0. The molecule has 14 heavy (non-hydrogen) atoms. The van der Waals surface area contributed by atoms with Crippen LogP contribution >= 0.6 is 15.9 Å². The zero-order chi connectivity index (χ0) is 10.6. The molecule has 0 aromatic heterocycles. The highest BCUT2D eigenvalue weighted by molar-refractivity contribution is 9.09. The van der Waals surface area contributed by atoms with Gasteiger partial charge in [0.15, 0.2) is 0 Å². The molecule has 1 aromatic carbocycles. The molecular weight excluding hydrogens is 243 g/mol. The van der Waals surface area contributed by atoms with Gasteiger partial charge in [0.05, 0.1) is 0 Å². The second-order valence-electron chi connectivity index (χ2n) is 3.70. The minimum atomic E-state index is -0.130. The Morgan fingerprint density at radius 3 is 2.71 bits per heavy atom. The van der Waals surface area contributed by atoms with Crippen molar-refractivity contribution in [2.45, 2.75) is 26.7 Å². The molecule has 1 aromatic rings. The number of benzene rings is 1. The largest absolute Gasteiger partial charge is 0.207 e. The lowest BCUT2D eigenvalue weighted by Gasteiger charge is -2.13. The fourth-order valence-electron chi connectivity index (χ4n) is 1.48. The normalized spacial score (nSPS) is 12.9. The van der Waals surface area contributed by atoms with Crippen molar-refractivity contribution in [3.05, 3.63) is 35.1 Å². The second-order valence-corrected chi connectivity index (χ2v) is 4.35. The smallest absolute Gasteiger partial charge is 0.123 e. The van der Waals surface area contributed by atoms with Crippen LogP contribution in [0.3, 0.4) is 0 Å². The quantitative estimate of drug-likeness (QED) is 0.714. The van der Waals surface area contributed by atoms with Crippen LogP contribution in [0.25, 0.3) is 0 Å². The molecule has 0 spiro atoms. The molecule has 1 unspecified atom stereocenters. The second kappa shape index (κ2) is 5.50. The van der Waals surface area contributed by atoms with Crippen LogP contribution in [0.1, 0.15) is 24.5 Å². The zero-order valence-corrected chi connectivity index (χ0v) is 10.3. The van der Waals surface area contributed by atoms with Gasteiger partial charge in [-0.3, -0.25) is 0 Å². The van der Waals surface area contributed by atoms with Gasteiger partial charge in [0.2, 0.25) is 0 Å². The molecule has 0 amide bonds. The molecule has 0 N–H and O–H groups in total. The fraction of sp³-hybridized carbons (Fsp3) is 0.500. The monoisotopic (exact) mass is 258 g/mol. The van der Waals surface area contributed by atoms with E-state index in [2.05, 4.69) is 22.9 Å². The molecule has 0 saturated heterocycles. The number of halogens is 2. The molecule has 2 heteroatoms. The summed E-state index contributed by atoms with van der Waals surface area (Å²) in [7, 11) is 0. The molecule has 0 aliphatic carbocycles. The van der Waals surface area contributed by atoms with E-state index in [1.165, 1.54) is 11.6 Å². The first-order valence-electron chi connectivity index (χ1n) is 4.98. The predicted octanol–water partition coefficient (Wildman–Crippen LogP) is 4.10.